The molecule has 0 aromatic heterocycles. The molecule has 2 nitrogen and oxygen atoms in total. The maximum Gasteiger partial charge on any atom is 0.133 e. The smallest absolute Gasteiger partial charge is 0.133 e. The van der Waals surface area contributed by atoms with Gasteiger partial charge in [-0.25, -0.2) is 0 Å². The number of hydrogen-bond donors (Lipinski definition) is 1. The molecule has 0 saturated heterocycles. The summed E-state index contributed by atoms with van der Waals surface area (Å²) in [5.74, 6) is 1.78. The number of nitrogens with one attached hydrogen (secondary N) is 1. The van der Waals surface area contributed by atoms with Crippen molar-refractivity contribution in [3.8, 4) is 11.5 Å². The number of benzene rings is 2. The van der Waals surface area contributed by atoms with Crippen LogP contribution in [0.25, 0.3) is 0 Å². The fourth-order valence-corrected chi connectivity index (χ4v) is 2.67. The molecule has 0 spiro atoms. The van der Waals surface area contributed by atoms with E-state index >= 15 is 0 Å². The highest BCUT2D eigenvalue weighted by atomic mass is 79.9. The fourth-order valence-electron chi connectivity index (χ4n) is 2.33. The summed E-state index contributed by atoms with van der Waals surface area (Å²) in [6.45, 7) is 7.35. The Morgan fingerprint density at radius 1 is 1.14 bits per heavy atom. The van der Waals surface area contributed by atoms with Crippen molar-refractivity contribution >= 4 is 15.9 Å². The lowest BCUT2D eigenvalue weighted by molar-refractivity contribution is 0.462. The molecule has 0 aliphatic rings. The zero-order valence-electron chi connectivity index (χ0n) is 12.8. The summed E-state index contributed by atoms with van der Waals surface area (Å²) >= 11 is 3.53. The number of halogens is 1. The van der Waals surface area contributed by atoms with Gasteiger partial charge in [0.05, 0.1) is 0 Å². The first-order valence-corrected chi connectivity index (χ1v) is 8.23. The Labute approximate surface area is 135 Å². The maximum absolute atomic E-state index is 6.13. The second-order valence-corrected chi connectivity index (χ2v) is 5.98. The highest BCUT2D eigenvalue weighted by Gasteiger charge is 2.12. The van der Waals surface area contributed by atoms with E-state index in [2.05, 4.69) is 66.3 Å². The standard InChI is InChI=1S/C18H22BrNO/c1-4-14-7-6-8-16(11-14)21-18-12-15(19)9-10-17(18)13(3)20-5-2/h6-13,20H,4-5H2,1-3H3. The molecule has 1 atom stereocenters. The molecule has 0 saturated carbocycles. The normalized spacial score (nSPS) is 12.2. The van der Waals surface area contributed by atoms with E-state index in [0.29, 0.717) is 0 Å². The second-order valence-electron chi connectivity index (χ2n) is 5.06. The van der Waals surface area contributed by atoms with Crippen molar-refractivity contribution in [2.24, 2.45) is 0 Å². The van der Waals surface area contributed by atoms with Crippen molar-refractivity contribution < 1.29 is 4.74 Å². The van der Waals surface area contributed by atoms with Crippen LogP contribution in [-0.4, -0.2) is 6.54 Å². The molecule has 0 amide bonds. The summed E-state index contributed by atoms with van der Waals surface area (Å²) in [7, 11) is 0. The molecule has 0 fully saturated rings. The molecule has 2 aromatic rings. The Morgan fingerprint density at radius 3 is 2.67 bits per heavy atom. The van der Waals surface area contributed by atoms with Crippen molar-refractivity contribution in [2.45, 2.75) is 33.2 Å². The molecule has 0 bridgehead atoms. The quantitative estimate of drug-likeness (QED) is 0.747. The summed E-state index contributed by atoms with van der Waals surface area (Å²) in [4.78, 5) is 0. The highest BCUT2D eigenvalue weighted by Crippen LogP contribution is 2.32. The van der Waals surface area contributed by atoms with E-state index in [-0.39, 0.29) is 6.04 Å². The van der Waals surface area contributed by atoms with Crippen molar-refractivity contribution in [3.63, 3.8) is 0 Å². The second kappa shape index (κ2) is 7.62. The third-order valence-corrected chi connectivity index (χ3v) is 3.98. The van der Waals surface area contributed by atoms with Gasteiger partial charge >= 0.3 is 0 Å². The molecular formula is C18H22BrNO. The van der Waals surface area contributed by atoms with Crippen LogP contribution in [0.15, 0.2) is 46.9 Å². The lowest BCUT2D eigenvalue weighted by Gasteiger charge is -2.18. The molecule has 1 N–H and O–H groups in total. The zero-order valence-corrected chi connectivity index (χ0v) is 14.4. The van der Waals surface area contributed by atoms with Gasteiger partial charge in [0.2, 0.25) is 0 Å². The Bertz CT molecular complexity index is 598. The van der Waals surface area contributed by atoms with E-state index in [1.165, 1.54) is 11.1 Å². The monoisotopic (exact) mass is 347 g/mol. The van der Waals surface area contributed by atoms with Crippen LogP contribution in [0.1, 0.15) is 37.9 Å². The van der Waals surface area contributed by atoms with Gasteiger partial charge < -0.3 is 10.1 Å². The van der Waals surface area contributed by atoms with E-state index in [1.807, 2.05) is 18.2 Å². The van der Waals surface area contributed by atoms with Crippen LogP contribution in [0.5, 0.6) is 11.5 Å². The van der Waals surface area contributed by atoms with Gasteiger partial charge in [0.25, 0.3) is 0 Å². The van der Waals surface area contributed by atoms with E-state index in [4.69, 9.17) is 4.74 Å². The molecule has 2 rings (SSSR count). The van der Waals surface area contributed by atoms with Crippen molar-refractivity contribution in [3.05, 3.63) is 58.1 Å². The first-order chi connectivity index (χ1) is 10.1. The van der Waals surface area contributed by atoms with E-state index in [0.717, 1.165) is 28.9 Å². The molecule has 1 unspecified atom stereocenters. The van der Waals surface area contributed by atoms with Gasteiger partial charge in [-0.3, -0.25) is 0 Å². The van der Waals surface area contributed by atoms with Gasteiger partial charge in [-0.15, -0.1) is 0 Å². The largest absolute Gasteiger partial charge is 0.457 e. The molecular weight excluding hydrogens is 326 g/mol. The summed E-state index contributed by atoms with van der Waals surface area (Å²) in [6.07, 6.45) is 1.01. The van der Waals surface area contributed by atoms with Gasteiger partial charge in [0, 0.05) is 16.1 Å². The third kappa shape index (κ3) is 4.32. The summed E-state index contributed by atoms with van der Waals surface area (Å²) in [5.41, 5.74) is 2.45. The first kappa shape index (κ1) is 16.1. The minimum absolute atomic E-state index is 0.257. The average Bonchev–Trinajstić information content (AvgIpc) is 2.48. The van der Waals surface area contributed by atoms with Gasteiger partial charge in [0.15, 0.2) is 0 Å². The van der Waals surface area contributed by atoms with Crippen molar-refractivity contribution in [1.82, 2.24) is 5.32 Å². The minimum Gasteiger partial charge on any atom is -0.457 e. The Hall–Kier alpha value is -1.32. The number of hydrogen-bond acceptors (Lipinski definition) is 2. The summed E-state index contributed by atoms with van der Waals surface area (Å²) < 4.78 is 7.15. The fraction of sp³-hybridized carbons (Fsp3) is 0.333. The first-order valence-electron chi connectivity index (χ1n) is 7.43. The number of rotatable bonds is 6. The molecule has 0 radical (unpaired) electrons. The van der Waals surface area contributed by atoms with Crippen LogP contribution in [-0.2, 0) is 6.42 Å². The Morgan fingerprint density at radius 2 is 1.95 bits per heavy atom. The zero-order chi connectivity index (χ0) is 15.2. The lowest BCUT2D eigenvalue weighted by Crippen LogP contribution is -2.18. The van der Waals surface area contributed by atoms with E-state index < -0.39 is 0 Å². The highest BCUT2D eigenvalue weighted by molar-refractivity contribution is 9.10. The van der Waals surface area contributed by atoms with Gasteiger partial charge in [-0.2, -0.15) is 0 Å². The minimum atomic E-state index is 0.257. The Kier molecular flexibility index (Phi) is 5.83. The third-order valence-electron chi connectivity index (χ3n) is 3.49. The predicted molar refractivity (Wildman–Crippen MR) is 92.1 cm³/mol. The topological polar surface area (TPSA) is 21.3 Å². The van der Waals surface area contributed by atoms with Crippen molar-refractivity contribution in [2.75, 3.05) is 6.54 Å². The maximum atomic E-state index is 6.13. The van der Waals surface area contributed by atoms with Gasteiger partial charge in [0.1, 0.15) is 11.5 Å². The van der Waals surface area contributed by atoms with Crippen LogP contribution in [0, 0.1) is 0 Å². The van der Waals surface area contributed by atoms with Gasteiger partial charge in [-0.05, 0) is 49.7 Å². The molecule has 0 aliphatic heterocycles. The van der Waals surface area contributed by atoms with E-state index in [1.54, 1.807) is 0 Å². The Balaban J connectivity index is 2.31. The summed E-state index contributed by atoms with van der Waals surface area (Å²) in [6, 6.07) is 14.7. The predicted octanol–water partition coefficient (Wildman–Crippen LogP) is 5.47. The molecule has 2 aromatic carbocycles. The van der Waals surface area contributed by atoms with Crippen LogP contribution in [0.2, 0.25) is 0 Å². The van der Waals surface area contributed by atoms with Crippen LogP contribution in [0.4, 0.5) is 0 Å². The average molecular weight is 348 g/mol. The number of ether oxygens (including phenoxy) is 1. The van der Waals surface area contributed by atoms with Crippen LogP contribution >= 0.6 is 15.9 Å². The summed E-state index contributed by atoms with van der Waals surface area (Å²) in [5, 5.41) is 3.43. The van der Waals surface area contributed by atoms with Crippen molar-refractivity contribution in [1.29, 1.82) is 0 Å². The molecule has 3 heteroatoms. The number of aryl methyl sites for hydroxylation is 1. The van der Waals surface area contributed by atoms with Gasteiger partial charge in [-0.1, -0.05) is 48.0 Å². The molecule has 0 heterocycles. The SMILES string of the molecule is CCNC(C)c1ccc(Br)cc1Oc1cccc(CC)c1. The van der Waals surface area contributed by atoms with Crippen LogP contribution in [0.3, 0.4) is 0 Å². The molecule has 0 aliphatic carbocycles. The molecule has 21 heavy (non-hydrogen) atoms. The van der Waals surface area contributed by atoms with E-state index in [9.17, 15) is 0 Å². The molecule has 112 valence electrons. The lowest BCUT2D eigenvalue weighted by atomic mass is 10.1. The van der Waals surface area contributed by atoms with Crippen LogP contribution < -0.4 is 10.1 Å².